The van der Waals surface area contributed by atoms with Crippen molar-refractivity contribution in [2.24, 2.45) is 0 Å². The summed E-state index contributed by atoms with van der Waals surface area (Å²) in [6, 6.07) is 5.86. The van der Waals surface area contributed by atoms with Crippen LogP contribution < -0.4 is 5.32 Å². The van der Waals surface area contributed by atoms with Crippen LogP contribution in [0.15, 0.2) is 28.9 Å². The largest absolute Gasteiger partial charge is 0.339 e. The maximum Gasteiger partial charge on any atom is 0.234 e. The Morgan fingerprint density at radius 1 is 1.40 bits per heavy atom. The molecule has 1 aliphatic rings. The normalized spacial score (nSPS) is 22.9. The van der Waals surface area contributed by atoms with Crippen molar-refractivity contribution in [3.63, 3.8) is 0 Å². The van der Waals surface area contributed by atoms with Gasteiger partial charge in [-0.25, -0.2) is 0 Å². The second kappa shape index (κ2) is 5.71. The lowest BCUT2D eigenvalue weighted by Crippen LogP contribution is -2.43. The Bertz CT molecular complexity index is 546. The van der Waals surface area contributed by atoms with E-state index in [0.717, 1.165) is 49.8 Å². The number of pyridine rings is 1. The summed E-state index contributed by atoms with van der Waals surface area (Å²) in [7, 11) is 0. The molecule has 0 aromatic carbocycles. The summed E-state index contributed by atoms with van der Waals surface area (Å²) in [4.78, 5) is 8.91. The highest BCUT2D eigenvalue weighted by Crippen LogP contribution is 2.33. The van der Waals surface area contributed by atoms with Gasteiger partial charge in [0.25, 0.3) is 0 Å². The van der Waals surface area contributed by atoms with Crippen molar-refractivity contribution >= 4 is 0 Å². The molecule has 5 nitrogen and oxygen atoms in total. The van der Waals surface area contributed by atoms with E-state index in [0.29, 0.717) is 6.42 Å². The van der Waals surface area contributed by atoms with Gasteiger partial charge in [-0.3, -0.25) is 4.98 Å². The molecule has 1 N–H and O–H groups in total. The molecule has 1 unspecified atom stereocenters. The minimum Gasteiger partial charge on any atom is -0.339 e. The van der Waals surface area contributed by atoms with Gasteiger partial charge in [0.1, 0.15) is 0 Å². The number of hydrogen-bond acceptors (Lipinski definition) is 5. The molecule has 1 aliphatic heterocycles. The van der Waals surface area contributed by atoms with E-state index in [1.807, 2.05) is 18.2 Å². The third kappa shape index (κ3) is 2.58. The molecule has 3 heterocycles. The summed E-state index contributed by atoms with van der Waals surface area (Å²) in [5.74, 6) is 1.50. The van der Waals surface area contributed by atoms with Crippen molar-refractivity contribution in [2.45, 2.75) is 38.0 Å². The zero-order chi connectivity index (χ0) is 13.8. The molecule has 2 aromatic rings. The lowest BCUT2D eigenvalue weighted by molar-refractivity contribution is 0.220. The highest BCUT2D eigenvalue weighted by molar-refractivity contribution is 5.12. The third-order valence-corrected chi connectivity index (χ3v) is 4.14. The number of nitrogens with zero attached hydrogens (tertiary/aromatic N) is 3. The molecular weight excluding hydrogens is 252 g/mol. The second-order valence-corrected chi connectivity index (χ2v) is 5.43. The Balaban J connectivity index is 1.79. The Hall–Kier alpha value is -1.75. The highest BCUT2D eigenvalue weighted by Gasteiger charge is 2.37. The van der Waals surface area contributed by atoms with Crippen molar-refractivity contribution in [2.75, 3.05) is 13.1 Å². The van der Waals surface area contributed by atoms with Crippen LogP contribution in [0, 0.1) is 0 Å². The van der Waals surface area contributed by atoms with Crippen LogP contribution in [0.2, 0.25) is 0 Å². The van der Waals surface area contributed by atoms with Crippen LogP contribution in [-0.2, 0) is 11.8 Å². The minimum atomic E-state index is 0.00756. The van der Waals surface area contributed by atoms with Crippen molar-refractivity contribution < 1.29 is 4.52 Å². The molecule has 5 heteroatoms. The van der Waals surface area contributed by atoms with Crippen LogP contribution in [0.5, 0.6) is 0 Å². The highest BCUT2D eigenvalue weighted by atomic mass is 16.5. The lowest BCUT2D eigenvalue weighted by Gasteiger charge is -2.33. The van der Waals surface area contributed by atoms with Crippen LogP contribution in [0.4, 0.5) is 0 Å². The molecule has 0 spiro atoms. The molecule has 20 heavy (non-hydrogen) atoms. The average Bonchev–Trinajstić information content (AvgIpc) is 2.98. The van der Waals surface area contributed by atoms with E-state index in [-0.39, 0.29) is 5.41 Å². The van der Waals surface area contributed by atoms with E-state index in [1.54, 1.807) is 6.20 Å². The maximum absolute atomic E-state index is 5.54. The van der Waals surface area contributed by atoms with Gasteiger partial charge >= 0.3 is 0 Å². The first kappa shape index (κ1) is 13.2. The Labute approximate surface area is 118 Å². The topological polar surface area (TPSA) is 63.8 Å². The summed E-state index contributed by atoms with van der Waals surface area (Å²) in [6.45, 7) is 4.20. The smallest absolute Gasteiger partial charge is 0.234 e. The molecule has 1 atom stereocenters. The fraction of sp³-hybridized carbons (Fsp3) is 0.533. The minimum absolute atomic E-state index is 0.00756. The van der Waals surface area contributed by atoms with Gasteiger partial charge < -0.3 is 9.84 Å². The van der Waals surface area contributed by atoms with Crippen LogP contribution in [0.25, 0.3) is 0 Å². The van der Waals surface area contributed by atoms with Crippen LogP contribution >= 0.6 is 0 Å². The second-order valence-electron chi connectivity index (χ2n) is 5.43. The van der Waals surface area contributed by atoms with E-state index in [2.05, 4.69) is 27.4 Å². The average molecular weight is 272 g/mol. The van der Waals surface area contributed by atoms with E-state index < -0.39 is 0 Å². The number of hydrogen-bond donors (Lipinski definition) is 1. The van der Waals surface area contributed by atoms with Gasteiger partial charge in [0, 0.05) is 18.4 Å². The monoisotopic (exact) mass is 272 g/mol. The van der Waals surface area contributed by atoms with Gasteiger partial charge in [-0.15, -0.1) is 0 Å². The van der Waals surface area contributed by atoms with Gasteiger partial charge in [0.2, 0.25) is 5.89 Å². The van der Waals surface area contributed by atoms with E-state index in [9.17, 15) is 0 Å². The van der Waals surface area contributed by atoms with Crippen LogP contribution in [-0.4, -0.2) is 28.2 Å². The predicted molar refractivity (Wildman–Crippen MR) is 75.4 cm³/mol. The van der Waals surface area contributed by atoms with Gasteiger partial charge in [-0.05, 0) is 37.9 Å². The summed E-state index contributed by atoms with van der Waals surface area (Å²) in [6.07, 6.45) is 5.70. The van der Waals surface area contributed by atoms with Crippen molar-refractivity contribution in [3.05, 3.63) is 41.8 Å². The Morgan fingerprint density at radius 2 is 2.35 bits per heavy atom. The lowest BCUT2D eigenvalue weighted by atomic mass is 9.78. The Morgan fingerprint density at radius 3 is 3.05 bits per heavy atom. The first-order chi connectivity index (χ1) is 9.82. The molecule has 1 saturated heterocycles. The molecule has 2 aromatic heterocycles. The molecule has 0 bridgehead atoms. The third-order valence-electron chi connectivity index (χ3n) is 4.14. The number of piperidine rings is 1. The summed E-state index contributed by atoms with van der Waals surface area (Å²) >= 11 is 0. The maximum atomic E-state index is 5.54. The first-order valence-electron chi connectivity index (χ1n) is 7.26. The van der Waals surface area contributed by atoms with E-state index in [1.165, 1.54) is 0 Å². The summed E-state index contributed by atoms with van der Waals surface area (Å²) in [5.41, 5.74) is 0.973. The van der Waals surface area contributed by atoms with Crippen molar-refractivity contribution in [1.29, 1.82) is 0 Å². The fourth-order valence-corrected chi connectivity index (χ4v) is 2.81. The zero-order valence-corrected chi connectivity index (χ0v) is 11.8. The van der Waals surface area contributed by atoms with Crippen molar-refractivity contribution in [1.82, 2.24) is 20.4 Å². The van der Waals surface area contributed by atoms with Gasteiger partial charge in [-0.2, -0.15) is 4.98 Å². The zero-order valence-electron chi connectivity index (χ0n) is 11.8. The SMILES string of the molecule is CCC1(c2nc(Cc3ccccn3)no2)CCCNC1. The fourth-order valence-electron chi connectivity index (χ4n) is 2.81. The molecule has 3 rings (SSSR count). The summed E-state index contributed by atoms with van der Waals surface area (Å²) < 4.78 is 5.54. The molecule has 106 valence electrons. The quantitative estimate of drug-likeness (QED) is 0.923. The summed E-state index contributed by atoms with van der Waals surface area (Å²) in [5, 5.41) is 7.57. The number of rotatable bonds is 4. The number of nitrogens with one attached hydrogen (secondary N) is 1. The predicted octanol–water partition coefficient (Wildman–Crippen LogP) is 2.09. The van der Waals surface area contributed by atoms with Gasteiger partial charge in [-0.1, -0.05) is 18.1 Å². The first-order valence-corrected chi connectivity index (χ1v) is 7.26. The molecule has 0 aliphatic carbocycles. The molecule has 0 radical (unpaired) electrons. The van der Waals surface area contributed by atoms with Gasteiger partial charge in [0.05, 0.1) is 11.8 Å². The molecular formula is C15H20N4O. The molecule has 0 amide bonds. The van der Waals surface area contributed by atoms with Crippen molar-refractivity contribution in [3.8, 4) is 0 Å². The van der Waals surface area contributed by atoms with Crippen LogP contribution in [0.1, 0.15) is 43.6 Å². The van der Waals surface area contributed by atoms with E-state index in [4.69, 9.17) is 4.52 Å². The van der Waals surface area contributed by atoms with Gasteiger partial charge in [0.15, 0.2) is 5.82 Å². The van der Waals surface area contributed by atoms with E-state index >= 15 is 0 Å². The molecule has 1 fully saturated rings. The Kier molecular flexibility index (Phi) is 3.78. The van der Waals surface area contributed by atoms with Crippen LogP contribution in [0.3, 0.4) is 0 Å². The standard InChI is InChI=1S/C15H20N4O/c1-2-15(7-5-8-16-11-15)14-18-13(19-20-14)10-12-6-3-4-9-17-12/h3-4,6,9,16H,2,5,7-8,10-11H2,1H3. The number of aromatic nitrogens is 3. The molecule has 0 saturated carbocycles.